The number of carbonyl (C=O) groups excluding carboxylic acids is 1. The Bertz CT molecular complexity index is 508. The smallest absolute Gasteiger partial charge is 0.328 e. The maximum Gasteiger partial charge on any atom is 0.328 e. The van der Waals surface area contributed by atoms with E-state index in [0.29, 0.717) is 11.3 Å². The number of benzene rings is 1. The third-order valence-corrected chi connectivity index (χ3v) is 2.66. The number of carboxylic acids is 1. The van der Waals surface area contributed by atoms with E-state index in [1.807, 2.05) is 13.0 Å². The molecule has 1 unspecified atom stereocenters. The Balaban J connectivity index is 2.91. The van der Waals surface area contributed by atoms with Crippen molar-refractivity contribution in [1.29, 1.82) is 0 Å². The molecule has 0 saturated carbocycles. The van der Waals surface area contributed by atoms with Gasteiger partial charge in [-0.05, 0) is 37.1 Å². The van der Waals surface area contributed by atoms with E-state index >= 15 is 0 Å². The molecule has 102 valence electrons. The van der Waals surface area contributed by atoms with Crippen molar-refractivity contribution in [2.75, 3.05) is 12.4 Å². The van der Waals surface area contributed by atoms with Crippen LogP contribution in [0.3, 0.4) is 0 Å². The monoisotopic (exact) mass is 263 g/mol. The summed E-state index contributed by atoms with van der Waals surface area (Å²) in [6.45, 7) is 3.51. The maximum atomic E-state index is 11.7. The van der Waals surface area contributed by atoms with Crippen LogP contribution in [0.1, 0.15) is 18.1 Å². The van der Waals surface area contributed by atoms with Gasteiger partial charge in [0.2, 0.25) is 0 Å². The number of aryl methyl sites for hydroxylation is 1. The van der Waals surface area contributed by atoms with Gasteiger partial charge in [0, 0.05) is 18.9 Å². The van der Waals surface area contributed by atoms with Gasteiger partial charge in [-0.3, -0.25) is 4.79 Å². The molecular formula is C14H17NO4. The van der Waals surface area contributed by atoms with Gasteiger partial charge >= 0.3 is 5.97 Å². The van der Waals surface area contributed by atoms with E-state index in [2.05, 4.69) is 5.32 Å². The first-order chi connectivity index (χ1) is 8.93. The van der Waals surface area contributed by atoms with E-state index < -0.39 is 12.1 Å². The highest BCUT2D eigenvalue weighted by molar-refractivity contribution is 5.95. The van der Waals surface area contributed by atoms with Crippen molar-refractivity contribution in [1.82, 2.24) is 0 Å². The van der Waals surface area contributed by atoms with Crippen LogP contribution in [-0.2, 0) is 14.3 Å². The second kappa shape index (κ2) is 6.70. The highest BCUT2D eigenvalue weighted by Crippen LogP contribution is 2.18. The molecule has 5 nitrogen and oxygen atoms in total. The molecule has 0 bridgehead atoms. The fraction of sp³-hybridized carbons (Fsp3) is 0.286. The molecule has 19 heavy (non-hydrogen) atoms. The molecule has 0 aliphatic rings. The van der Waals surface area contributed by atoms with Gasteiger partial charge in [0.15, 0.2) is 0 Å². The molecule has 1 aromatic carbocycles. The molecule has 1 rings (SSSR count). The van der Waals surface area contributed by atoms with Crippen molar-refractivity contribution in [3.63, 3.8) is 0 Å². The van der Waals surface area contributed by atoms with Gasteiger partial charge in [0.05, 0.1) is 0 Å². The number of amides is 1. The molecular weight excluding hydrogens is 246 g/mol. The lowest BCUT2D eigenvalue weighted by molar-refractivity contribution is -0.131. The minimum atomic E-state index is -1.01. The van der Waals surface area contributed by atoms with Gasteiger partial charge < -0.3 is 15.2 Å². The number of rotatable bonds is 5. The first-order valence-corrected chi connectivity index (χ1v) is 5.79. The van der Waals surface area contributed by atoms with Crippen molar-refractivity contribution in [2.24, 2.45) is 0 Å². The van der Waals surface area contributed by atoms with Crippen LogP contribution in [0, 0.1) is 6.92 Å². The molecule has 1 atom stereocenters. The van der Waals surface area contributed by atoms with E-state index in [1.165, 1.54) is 13.2 Å². The molecule has 5 heteroatoms. The molecule has 1 aromatic rings. The van der Waals surface area contributed by atoms with Crippen LogP contribution in [-0.4, -0.2) is 30.2 Å². The number of methoxy groups -OCH3 is 1. The predicted octanol–water partition coefficient (Wildman–Crippen LogP) is 2.07. The van der Waals surface area contributed by atoms with Gasteiger partial charge in [-0.1, -0.05) is 12.1 Å². The second-order valence-electron chi connectivity index (χ2n) is 4.11. The van der Waals surface area contributed by atoms with Gasteiger partial charge in [-0.2, -0.15) is 0 Å². The Morgan fingerprint density at radius 3 is 2.68 bits per heavy atom. The second-order valence-corrected chi connectivity index (χ2v) is 4.11. The fourth-order valence-corrected chi connectivity index (χ4v) is 1.39. The zero-order valence-corrected chi connectivity index (χ0v) is 11.1. The molecule has 0 radical (unpaired) electrons. The summed E-state index contributed by atoms with van der Waals surface area (Å²) in [5.74, 6) is -1.26. The molecule has 0 heterocycles. The average molecular weight is 263 g/mol. The van der Waals surface area contributed by atoms with Gasteiger partial charge in [-0.15, -0.1) is 0 Å². The number of hydrogen-bond acceptors (Lipinski definition) is 3. The van der Waals surface area contributed by atoms with Crippen molar-refractivity contribution >= 4 is 23.6 Å². The SMILES string of the molecule is COC(C)C(=O)Nc1cc(/C=C/C(=O)O)ccc1C. The Labute approximate surface area is 111 Å². The van der Waals surface area contributed by atoms with E-state index in [4.69, 9.17) is 9.84 Å². The topological polar surface area (TPSA) is 75.6 Å². The van der Waals surface area contributed by atoms with Crippen LogP contribution in [0.4, 0.5) is 5.69 Å². The van der Waals surface area contributed by atoms with E-state index in [0.717, 1.165) is 11.6 Å². The lowest BCUT2D eigenvalue weighted by Gasteiger charge is -2.13. The van der Waals surface area contributed by atoms with Crippen LogP contribution in [0.5, 0.6) is 0 Å². The summed E-state index contributed by atoms with van der Waals surface area (Å²) in [6, 6.07) is 5.31. The summed E-state index contributed by atoms with van der Waals surface area (Å²) in [5, 5.41) is 11.3. The van der Waals surface area contributed by atoms with Crippen LogP contribution < -0.4 is 5.32 Å². The minimum Gasteiger partial charge on any atom is -0.478 e. The number of nitrogens with one attached hydrogen (secondary N) is 1. The molecule has 1 amide bonds. The fourth-order valence-electron chi connectivity index (χ4n) is 1.39. The maximum absolute atomic E-state index is 11.7. The Morgan fingerprint density at radius 2 is 2.11 bits per heavy atom. The number of aliphatic carboxylic acids is 1. The van der Waals surface area contributed by atoms with Gasteiger partial charge in [0.1, 0.15) is 6.10 Å². The standard InChI is InChI=1S/C14H17NO4/c1-9-4-5-11(6-7-13(16)17)8-12(9)15-14(18)10(2)19-3/h4-8,10H,1-3H3,(H,15,18)(H,16,17)/b7-6+. The van der Waals surface area contributed by atoms with Crippen LogP contribution >= 0.6 is 0 Å². The van der Waals surface area contributed by atoms with Crippen molar-refractivity contribution < 1.29 is 19.4 Å². The highest BCUT2D eigenvalue weighted by Gasteiger charge is 2.12. The molecule has 0 aliphatic carbocycles. The average Bonchev–Trinajstić information content (AvgIpc) is 2.38. The third-order valence-electron chi connectivity index (χ3n) is 2.66. The van der Waals surface area contributed by atoms with Crippen LogP contribution in [0.15, 0.2) is 24.3 Å². The van der Waals surface area contributed by atoms with E-state index in [9.17, 15) is 9.59 Å². The van der Waals surface area contributed by atoms with Crippen LogP contribution in [0.25, 0.3) is 6.08 Å². The summed E-state index contributed by atoms with van der Waals surface area (Å²) in [7, 11) is 1.46. The summed E-state index contributed by atoms with van der Waals surface area (Å²) in [5.41, 5.74) is 2.24. The summed E-state index contributed by atoms with van der Waals surface area (Å²) >= 11 is 0. The summed E-state index contributed by atoms with van der Waals surface area (Å²) < 4.78 is 4.93. The van der Waals surface area contributed by atoms with Gasteiger partial charge in [-0.25, -0.2) is 4.79 Å². The molecule has 0 spiro atoms. The van der Waals surface area contributed by atoms with Crippen molar-refractivity contribution in [3.05, 3.63) is 35.4 Å². The molecule has 0 saturated heterocycles. The zero-order valence-electron chi connectivity index (χ0n) is 11.1. The lowest BCUT2D eigenvalue weighted by atomic mass is 10.1. The first kappa shape index (κ1) is 14.9. The molecule has 0 fully saturated rings. The number of anilines is 1. The molecule has 0 aliphatic heterocycles. The highest BCUT2D eigenvalue weighted by atomic mass is 16.5. The number of hydrogen-bond donors (Lipinski definition) is 2. The third kappa shape index (κ3) is 4.56. The minimum absolute atomic E-state index is 0.245. The number of carbonyl (C=O) groups is 2. The zero-order chi connectivity index (χ0) is 14.4. The van der Waals surface area contributed by atoms with Gasteiger partial charge in [0.25, 0.3) is 5.91 Å². The van der Waals surface area contributed by atoms with Crippen molar-refractivity contribution in [3.8, 4) is 0 Å². The Hall–Kier alpha value is -2.14. The largest absolute Gasteiger partial charge is 0.478 e. The normalized spacial score (nSPS) is 12.4. The lowest BCUT2D eigenvalue weighted by Crippen LogP contribution is -2.26. The Morgan fingerprint density at radius 1 is 1.42 bits per heavy atom. The number of carboxylic acid groups (broad SMARTS) is 1. The van der Waals surface area contributed by atoms with E-state index in [-0.39, 0.29) is 5.91 Å². The molecule has 0 aromatic heterocycles. The predicted molar refractivity (Wildman–Crippen MR) is 72.9 cm³/mol. The summed E-state index contributed by atoms with van der Waals surface area (Å²) in [4.78, 5) is 22.2. The summed E-state index contributed by atoms with van der Waals surface area (Å²) in [6.07, 6.45) is 1.98. The molecule has 2 N–H and O–H groups in total. The first-order valence-electron chi connectivity index (χ1n) is 5.79. The quantitative estimate of drug-likeness (QED) is 0.797. The van der Waals surface area contributed by atoms with Crippen molar-refractivity contribution in [2.45, 2.75) is 20.0 Å². The number of ether oxygens (including phenoxy) is 1. The Kier molecular flexibility index (Phi) is 5.26. The van der Waals surface area contributed by atoms with Crippen LogP contribution in [0.2, 0.25) is 0 Å². The van der Waals surface area contributed by atoms with E-state index in [1.54, 1.807) is 19.1 Å².